The van der Waals surface area contributed by atoms with E-state index in [9.17, 15) is 4.79 Å². The average Bonchev–Trinajstić information content (AvgIpc) is 3.07. The molecule has 1 aliphatic rings. The van der Waals surface area contributed by atoms with E-state index in [-0.39, 0.29) is 11.9 Å². The Morgan fingerprint density at radius 1 is 1.53 bits per heavy atom. The van der Waals surface area contributed by atoms with Gasteiger partial charge in [-0.2, -0.15) is 0 Å². The van der Waals surface area contributed by atoms with Gasteiger partial charge >= 0.3 is 0 Å². The molecule has 0 saturated carbocycles. The zero-order valence-corrected chi connectivity index (χ0v) is 10.9. The molecular formula is C13H17N5O. The maximum atomic E-state index is 12.5. The van der Waals surface area contributed by atoms with Crippen molar-refractivity contribution in [1.29, 1.82) is 0 Å². The molecule has 1 atom stereocenters. The van der Waals surface area contributed by atoms with Gasteiger partial charge in [-0.05, 0) is 12.8 Å². The predicted octanol–water partition coefficient (Wildman–Crippen LogP) is 1.14. The Balaban J connectivity index is 1.74. The number of hydrogen-bond donors (Lipinski definition) is 1. The number of nitrogens with one attached hydrogen (secondary N) is 1. The van der Waals surface area contributed by atoms with Crippen molar-refractivity contribution in [3.8, 4) is 0 Å². The van der Waals surface area contributed by atoms with E-state index in [1.807, 2.05) is 17.8 Å². The number of imidazole rings is 2. The summed E-state index contributed by atoms with van der Waals surface area (Å²) in [4.78, 5) is 25.7. The van der Waals surface area contributed by atoms with Gasteiger partial charge in [0.05, 0.1) is 6.54 Å². The van der Waals surface area contributed by atoms with Crippen LogP contribution in [0.2, 0.25) is 0 Å². The smallest absolute Gasteiger partial charge is 0.245 e. The second kappa shape index (κ2) is 4.87. The summed E-state index contributed by atoms with van der Waals surface area (Å²) in [5.74, 6) is 1.93. The van der Waals surface area contributed by atoms with Crippen molar-refractivity contribution in [3.63, 3.8) is 0 Å². The summed E-state index contributed by atoms with van der Waals surface area (Å²) in [7, 11) is 1.82. The van der Waals surface area contributed by atoms with Crippen molar-refractivity contribution in [3.05, 3.63) is 36.4 Å². The molecule has 0 aliphatic carbocycles. The zero-order valence-electron chi connectivity index (χ0n) is 10.9. The van der Waals surface area contributed by atoms with Crippen molar-refractivity contribution in [2.75, 3.05) is 7.05 Å². The number of H-pyrrole nitrogens is 1. The normalized spacial score (nSPS) is 18.1. The Bertz CT molecular complexity index is 559. The number of carbonyl (C=O) groups excluding carboxylic acids is 1. The van der Waals surface area contributed by atoms with Crippen LogP contribution in [0.3, 0.4) is 0 Å². The molecule has 19 heavy (non-hydrogen) atoms. The van der Waals surface area contributed by atoms with Gasteiger partial charge in [0.25, 0.3) is 0 Å². The number of carbonyl (C=O) groups is 1. The fraction of sp³-hybridized carbons (Fsp3) is 0.462. The quantitative estimate of drug-likeness (QED) is 0.899. The number of aryl methyl sites for hydroxylation is 1. The molecule has 6 nitrogen and oxygen atoms in total. The maximum Gasteiger partial charge on any atom is 0.245 e. The van der Waals surface area contributed by atoms with E-state index in [1.165, 1.54) is 0 Å². The van der Waals surface area contributed by atoms with Gasteiger partial charge in [-0.3, -0.25) is 4.79 Å². The molecule has 1 amide bonds. The van der Waals surface area contributed by atoms with Crippen molar-refractivity contribution in [2.45, 2.75) is 31.8 Å². The van der Waals surface area contributed by atoms with Crippen molar-refractivity contribution in [1.82, 2.24) is 24.4 Å². The van der Waals surface area contributed by atoms with E-state index in [4.69, 9.17) is 0 Å². The summed E-state index contributed by atoms with van der Waals surface area (Å²) in [6.45, 7) is 0.506. The Labute approximate surface area is 111 Å². The second-order valence-electron chi connectivity index (χ2n) is 4.89. The van der Waals surface area contributed by atoms with Gasteiger partial charge in [-0.15, -0.1) is 0 Å². The lowest BCUT2D eigenvalue weighted by atomic mass is 10.0. The minimum absolute atomic E-state index is 0.119. The number of aromatic amines is 1. The van der Waals surface area contributed by atoms with E-state index < -0.39 is 0 Å². The van der Waals surface area contributed by atoms with Gasteiger partial charge in [0, 0.05) is 38.3 Å². The molecule has 3 heterocycles. The van der Waals surface area contributed by atoms with Gasteiger partial charge in [-0.1, -0.05) is 0 Å². The first-order valence-electron chi connectivity index (χ1n) is 6.50. The monoisotopic (exact) mass is 259 g/mol. The number of rotatable bonds is 3. The fourth-order valence-corrected chi connectivity index (χ4v) is 2.60. The van der Waals surface area contributed by atoms with Crippen molar-refractivity contribution >= 4 is 5.91 Å². The van der Waals surface area contributed by atoms with Crippen LogP contribution < -0.4 is 0 Å². The van der Waals surface area contributed by atoms with Crippen LogP contribution in [0, 0.1) is 0 Å². The van der Waals surface area contributed by atoms with Crippen LogP contribution in [0.1, 0.15) is 30.5 Å². The lowest BCUT2D eigenvalue weighted by molar-refractivity contribution is -0.134. The topological polar surface area (TPSA) is 66.8 Å². The molecule has 3 rings (SSSR count). The first-order chi connectivity index (χ1) is 9.25. The molecule has 6 heteroatoms. The molecular weight excluding hydrogens is 242 g/mol. The molecule has 0 fully saturated rings. The highest BCUT2D eigenvalue weighted by Gasteiger charge is 2.28. The maximum absolute atomic E-state index is 12.5. The summed E-state index contributed by atoms with van der Waals surface area (Å²) in [5, 5.41) is 0. The Kier molecular flexibility index (Phi) is 3.06. The highest BCUT2D eigenvalue weighted by molar-refractivity contribution is 5.80. The Morgan fingerprint density at radius 2 is 2.42 bits per heavy atom. The van der Waals surface area contributed by atoms with E-state index in [0.29, 0.717) is 6.54 Å². The molecule has 0 saturated heterocycles. The first-order valence-corrected chi connectivity index (χ1v) is 6.50. The molecule has 1 N–H and O–H groups in total. The summed E-state index contributed by atoms with van der Waals surface area (Å²) in [6, 6.07) is -0.119. The van der Waals surface area contributed by atoms with Crippen molar-refractivity contribution in [2.24, 2.45) is 0 Å². The molecule has 2 aromatic rings. The highest BCUT2D eigenvalue weighted by atomic mass is 16.2. The average molecular weight is 259 g/mol. The van der Waals surface area contributed by atoms with E-state index in [0.717, 1.165) is 30.9 Å². The Morgan fingerprint density at radius 3 is 3.21 bits per heavy atom. The number of fused-ring (bicyclic) bond motifs is 1. The number of nitrogens with zero attached hydrogens (tertiary/aromatic N) is 4. The standard InChI is InChI=1S/C13H17N5O/c1-17(9-11-14-5-6-15-11)13(19)10-3-2-4-12-16-7-8-18(10)12/h5-8,10H,2-4,9H2,1H3,(H,14,15). The molecule has 1 aliphatic heterocycles. The van der Waals surface area contributed by atoms with Gasteiger partial charge < -0.3 is 14.5 Å². The number of amides is 1. The minimum atomic E-state index is -0.119. The van der Waals surface area contributed by atoms with Gasteiger partial charge in [-0.25, -0.2) is 9.97 Å². The summed E-state index contributed by atoms with van der Waals surface area (Å²) < 4.78 is 2.00. The first kappa shape index (κ1) is 12.0. The SMILES string of the molecule is CN(Cc1ncc[nH]1)C(=O)C1CCCc2nccn21. The number of aromatic nitrogens is 4. The lowest BCUT2D eigenvalue weighted by Crippen LogP contribution is -2.36. The van der Waals surface area contributed by atoms with Gasteiger partial charge in [0.15, 0.2) is 0 Å². The van der Waals surface area contributed by atoms with Gasteiger partial charge in [0.2, 0.25) is 5.91 Å². The summed E-state index contributed by atoms with van der Waals surface area (Å²) >= 11 is 0. The molecule has 0 aromatic carbocycles. The van der Waals surface area contributed by atoms with Crippen LogP contribution in [0.4, 0.5) is 0 Å². The van der Waals surface area contributed by atoms with Crippen LogP contribution in [-0.2, 0) is 17.8 Å². The summed E-state index contributed by atoms with van der Waals surface area (Å²) in [5.41, 5.74) is 0. The highest BCUT2D eigenvalue weighted by Crippen LogP contribution is 2.25. The van der Waals surface area contributed by atoms with Crippen LogP contribution in [-0.4, -0.2) is 37.4 Å². The van der Waals surface area contributed by atoms with E-state index in [1.54, 1.807) is 23.5 Å². The van der Waals surface area contributed by atoms with E-state index in [2.05, 4.69) is 15.0 Å². The molecule has 1 unspecified atom stereocenters. The Hall–Kier alpha value is -2.11. The zero-order chi connectivity index (χ0) is 13.2. The van der Waals surface area contributed by atoms with Crippen LogP contribution in [0.5, 0.6) is 0 Å². The largest absolute Gasteiger partial charge is 0.347 e. The second-order valence-corrected chi connectivity index (χ2v) is 4.89. The van der Waals surface area contributed by atoms with Crippen molar-refractivity contribution < 1.29 is 4.79 Å². The summed E-state index contributed by atoms with van der Waals surface area (Å²) in [6.07, 6.45) is 9.99. The molecule has 0 bridgehead atoms. The minimum Gasteiger partial charge on any atom is -0.347 e. The molecule has 0 radical (unpaired) electrons. The third-order valence-corrected chi connectivity index (χ3v) is 3.57. The molecule has 2 aromatic heterocycles. The van der Waals surface area contributed by atoms with E-state index >= 15 is 0 Å². The van der Waals surface area contributed by atoms with Crippen LogP contribution in [0.15, 0.2) is 24.8 Å². The van der Waals surface area contributed by atoms with Gasteiger partial charge in [0.1, 0.15) is 17.7 Å². The predicted molar refractivity (Wildman–Crippen MR) is 69.3 cm³/mol. The lowest BCUT2D eigenvalue weighted by Gasteiger charge is -2.28. The number of likely N-dealkylation sites (N-methyl/N-ethyl adjacent to an activating group) is 1. The fourth-order valence-electron chi connectivity index (χ4n) is 2.60. The third-order valence-electron chi connectivity index (χ3n) is 3.57. The van der Waals surface area contributed by atoms with Crippen LogP contribution in [0.25, 0.3) is 0 Å². The van der Waals surface area contributed by atoms with Crippen LogP contribution >= 0.6 is 0 Å². The molecule has 0 spiro atoms. The third kappa shape index (κ3) is 2.25. The molecule has 100 valence electrons. The number of hydrogen-bond acceptors (Lipinski definition) is 3.